The molecule has 0 aromatic heterocycles. The summed E-state index contributed by atoms with van der Waals surface area (Å²) in [5, 5.41) is 87.6. The summed E-state index contributed by atoms with van der Waals surface area (Å²) in [5.74, 6) is -0.283. The molecule has 0 aliphatic carbocycles. The maximum Gasteiger partial charge on any atom is 0.220 e. The molecule has 2 aliphatic heterocycles. The molecular formula is C84H139NO13. The standard InChI is InChI=1S/C84H139NO13/c1-3-5-7-9-11-13-15-17-19-21-23-25-27-29-31-33-34-35-36-37-38-40-42-44-46-48-50-52-54-56-58-60-62-64-66-68-76(89)85-72(71-95-83-81(94)79(92)82(75(70-87)97-83)98-84-80(93)78(91)77(90)74(69-86)96-84)73(88)67-65-63-61-59-57-55-53-51-49-47-45-43-41-39-32-30-28-26-24-22-20-18-16-14-12-10-8-6-4-2/h5,7,11,13,17,19,23,25,29,31,34-35,37-38,42,44,48-51,54,56-57,59,65,67,72-75,77-84,86-88,90-94H,3-4,6,8-10,12,14-16,18,20-22,24,26-28,30,32-33,36,39-41,43,45-47,52-53,55,58,60-64,66,68-71H2,1-2H3,(H,85,89)/b7-5-,13-11-,19-17-,25-23-,31-29-,35-34-,38-37-,44-42-,50-48-,51-49+,56-54-,59-57+,67-65+. The first kappa shape index (κ1) is 89.7. The predicted molar refractivity (Wildman–Crippen MR) is 405 cm³/mol. The van der Waals surface area contributed by atoms with Crippen molar-refractivity contribution in [2.24, 2.45) is 0 Å². The fourth-order valence-electron chi connectivity index (χ4n) is 11.6. The molecule has 0 aromatic carbocycles. The van der Waals surface area contributed by atoms with Crippen LogP contribution in [0.2, 0.25) is 0 Å². The average Bonchev–Trinajstić information content (AvgIpc) is 0.797. The number of nitrogens with one attached hydrogen (secondary N) is 1. The Hall–Kier alpha value is -4.39. The number of carbonyl (C=O) groups is 1. The van der Waals surface area contributed by atoms with Gasteiger partial charge in [-0.2, -0.15) is 0 Å². The van der Waals surface area contributed by atoms with Gasteiger partial charge in [0.25, 0.3) is 0 Å². The molecule has 0 bridgehead atoms. The largest absolute Gasteiger partial charge is 0.394 e. The second kappa shape index (κ2) is 65.9. The fraction of sp³-hybridized carbons (Fsp3) is 0.679. The molecule has 12 unspecified atom stereocenters. The molecule has 2 saturated heterocycles. The minimum atomic E-state index is -1.81. The van der Waals surface area contributed by atoms with Crippen LogP contribution < -0.4 is 5.32 Å². The third-order valence-corrected chi connectivity index (χ3v) is 17.7. The summed E-state index contributed by atoms with van der Waals surface area (Å²) in [7, 11) is 0. The number of rotatable bonds is 62. The van der Waals surface area contributed by atoms with Gasteiger partial charge in [-0.05, 0) is 122 Å². The lowest BCUT2D eigenvalue weighted by Crippen LogP contribution is -2.65. The zero-order valence-electron chi connectivity index (χ0n) is 61.0. The van der Waals surface area contributed by atoms with Gasteiger partial charge in [-0.3, -0.25) is 4.79 Å². The summed E-state index contributed by atoms with van der Waals surface area (Å²) in [4.78, 5) is 13.4. The predicted octanol–water partition coefficient (Wildman–Crippen LogP) is 17.3. The summed E-state index contributed by atoms with van der Waals surface area (Å²) in [6, 6.07) is -0.967. The number of ether oxygens (including phenoxy) is 4. The van der Waals surface area contributed by atoms with E-state index in [2.05, 4.69) is 165 Å². The van der Waals surface area contributed by atoms with E-state index in [9.17, 15) is 45.6 Å². The second-order valence-electron chi connectivity index (χ2n) is 26.4. The Bertz CT molecular complexity index is 2260. The molecule has 2 heterocycles. The minimum Gasteiger partial charge on any atom is -0.394 e. The van der Waals surface area contributed by atoms with Crippen molar-refractivity contribution in [3.63, 3.8) is 0 Å². The molecule has 0 aromatic rings. The molecule has 558 valence electrons. The Labute approximate surface area is 595 Å². The summed E-state index contributed by atoms with van der Waals surface area (Å²) >= 11 is 0. The topological polar surface area (TPSA) is 228 Å². The summed E-state index contributed by atoms with van der Waals surface area (Å²) in [5.41, 5.74) is 0. The van der Waals surface area contributed by atoms with Gasteiger partial charge in [0.05, 0.1) is 32.0 Å². The van der Waals surface area contributed by atoms with Gasteiger partial charge in [-0.15, -0.1) is 0 Å². The number of aliphatic hydroxyl groups excluding tert-OH is 8. The van der Waals surface area contributed by atoms with Gasteiger partial charge < -0.3 is 65.1 Å². The number of hydrogen-bond acceptors (Lipinski definition) is 13. The van der Waals surface area contributed by atoms with Gasteiger partial charge in [-0.1, -0.05) is 300 Å². The molecular weight excluding hydrogens is 1230 g/mol. The van der Waals surface area contributed by atoms with E-state index >= 15 is 0 Å². The van der Waals surface area contributed by atoms with Crippen molar-refractivity contribution in [2.75, 3.05) is 19.8 Å². The van der Waals surface area contributed by atoms with Crippen molar-refractivity contribution < 1.29 is 64.6 Å². The zero-order chi connectivity index (χ0) is 70.8. The molecule has 0 saturated carbocycles. The molecule has 2 rings (SSSR count). The Morgan fingerprint density at radius 1 is 0.378 bits per heavy atom. The van der Waals surface area contributed by atoms with Crippen molar-refractivity contribution in [3.8, 4) is 0 Å². The highest BCUT2D eigenvalue weighted by Gasteiger charge is 2.51. The lowest BCUT2D eigenvalue weighted by molar-refractivity contribution is -0.359. The summed E-state index contributed by atoms with van der Waals surface area (Å²) < 4.78 is 22.8. The Balaban J connectivity index is 1.70. The third kappa shape index (κ3) is 48.4. The van der Waals surface area contributed by atoms with Gasteiger partial charge in [-0.25, -0.2) is 0 Å². The summed E-state index contributed by atoms with van der Waals surface area (Å²) in [6.45, 7) is 2.65. The van der Waals surface area contributed by atoms with E-state index < -0.39 is 86.8 Å². The molecule has 2 fully saturated rings. The number of amides is 1. The van der Waals surface area contributed by atoms with Gasteiger partial charge in [0.2, 0.25) is 5.91 Å². The van der Waals surface area contributed by atoms with E-state index in [0.717, 1.165) is 116 Å². The number of aliphatic hydroxyl groups is 8. The minimum absolute atomic E-state index is 0.229. The van der Waals surface area contributed by atoms with Crippen LogP contribution in [0, 0.1) is 0 Å². The van der Waals surface area contributed by atoms with Crippen LogP contribution >= 0.6 is 0 Å². The molecule has 9 N–H and O–H groups in total. The highest BCUT2D eigenvalue weighted by molar-refractivity contribution is 5.76. The first-order valence-electron chi connectivity index (χ1n) is 38.7. The Kier molecular flexibility index (Phi) is 60.3. The van der Waals surface area contributed by atoms with Crippen LogP contribution in [0.25, 0.3) is 0 Å². The maximum absolute atomic E-state index is 13.4. The molecule has 1 amide bonds. The van der Waals surface area contributed by atoms with Crippen LogP contribution in [0.1, 0.15) is 271 Å². The van der Waals surface area contributed by atoms with Crippen LogP contribution in [0.4, 0.5) is 0 Å². The maximum atomic E-state index is 13.4. The monoisotopic (exact) mass is 1370 g/mol. The van der Waals surface area contributed by atoms with Gasteiger partial charge >= 0.3 is 0 Å². The van der Waals surface area contributed by atoms with Crippen molar-refractivity contribution in [1.82, 2.24) is 5.32 Å². The van der Waals surface area contributed by atoms with E-state index in [0.29, 0.717) is 12.8 Å². The highest BCUT2D eigenvalue weighted by Crippen LogP contribution is 2.30. The first-order chi connectivity index (χ1) is 48.1. The molecule has 2 aliphatic rings. The lowest BCUT2D eigenvalue weighted by atomic mass is 9.97. The van der Waals surface area contributed by atoms with Crippen LogP contribution in [-0.2, 0) is 23.7 Å². The van der Waals surface area contributed by atoms with Crippen molar-refractivity contribution >= 4 is 5.91 Å². The fourth-order valence-corrected chi connectivity index (χ4v) is 11.6. The van der Waals surface area contributed by atoms with Crippen molar-refractivity contribution in [3.05, 3.63) is 158 Å². The highest BCUT2D eigenvalue weighted by atomic mass is 16.7. The lowest BCUT2D eigenvalue weighted by Gasteiger charge is -2.46. The first-order valence-corrected chi connectivity index (χ1v) is 38.7. The zero-order valence-corrected chi connectivity index (χ0v) is 61.0. The number of allylic oxidation sites excluding steroid dienone is 25. The van der Waals surface area contributed by atoms with Gasteiger partial charge in [0.1, 0.15) is 48.8 Å². The molecule has 98 heavy (non-hydrogen) atoms. The molecule has 12 atom stereocenters. The van der Waals surface area contributed by atoms with Crippen LogP contribution in [0.5, 0.6) is 0 Å². The van der Waals surface area contributed by atoms with Gasteiger partial charge in [0.15, 0.2) is 12.6 Å². The Morgan fingerprint density at radius 3 is 1.12 bits per heavy atom. The number of hydrogen-bond donors (Lipinski definition) is 9. The van der Waals surface area contributed by atoms with E-state index in [4.69, 9.17) is 18.9 Å². The smallest absolute Gasteiger partial charge is 0.220 e. The van der Waals surface area contributed by atoms with Crippen LogP contribution in [-0.4, -0.2) is 140 Å². The SMILES string of the molecule is CC/C=C\C/C=C\C/C=C\C/C=C\C/C=C\C/C=C\C/C=C\C/C=C\C/C=C\C/C=C\CCCCCCC(=O)NC(COC1OC(CO)C(OC2OC(CO)C(O)C(O)C2O)C(O)C1O)C(O)/C=C/CC/C=C/CC/C=C/CCCCCCCCCCCCCCCCCCCCC. The van der Waals surface area contributed by atoms with Crippen molar-refractivity contribution in [1.29, 1.82) is 0 Å². The van der Waals surface area contributed by atoms with Crippen LogP contribution in [0.15, 0.2) is 158 Å². The number of unbranched alkanes of at least 4 members (excludes halogenated alkanes) is 25. The van der Waals surface area contributed by atoms with Gasteiger partial charge in [0, 0.05) is 6.42 Å². The average molecular weight is 1370 g/mol. The van der Waals surface area contributed by atoms with Crippen LogP contribution in [0.3, 0.4) is 0 Å². The van der Waals surface area contributed by atoms with E-state index in [1.54, 1.807) is 6.08 Å². The quantitative estimate of drug-likeness (QED) is 0.0204. The molecule has 0 radical (unpaired) electrons. The summed E-state index contributed by atoms with van der Waals surface area (Å²) in [6.07, 6.45) is 84.5. The second-order valence-corrected chi connectivity index (χ2v) is 26.4. The third-order valence-electron chi connectivity index (χ3n) is 17.7. The molecule has 14 nitrogen and oxygen atoms in total. The molecule has 14 heteroatoms. The Morgan fingerprint density at radius 2 is 0.714 bits per heavy atom. The molecule has 0 spiro atoms. The van der Waals surface area contributed by atoms with E-state index in [1.165, 1.54) is 122 Å². The number of carbonyl (C=O) groups excluding carboxylic acids is 1. The normalized spacial score (nSPS) is 23.0. The van der Waals surface area contributed by atoms with E-state index in [1.807, 2.05) is 6.08 Å². The van der Waals surface area contributed by atoms with Crippen molar-refractivity contribution in [2.45, 2.75) is 344 Å². The van der Waals surface area contributed by atoms with E-state index in [-0.39, 0.29) is 18.9 Å².